The summed E-state index contributed by atoms with van der Waals surface area (Å²) in [6, 6.07) is 1.90. The average Bonchev–Trinajstić information content (AvgIpc) is 3.04. The van der Waals surface area contributed by atoms with Gasteiger partial charge < -0.3 is 18.8 Å². The second-order valence-corrected chi connectivity index (χ2v) is 6.95. The van der Waals surface area contributed by atoms with E-state index in [4.69, 9.17) is 18.8 Å². The Bertz CT molecular complexity index is 513. The molecule has 5 nitrogen and oxygen atoms in total. The maximum absolute atomic E-state index is 6.10. The average molecular weight is 305 g/mol. The quantitative estimate of drug-likeness (QED) is 0.796. The van der Waals surface area contributed by atoms with Gasteiger partial charge >= 0.3 is 7.12 Å². The van der Waals surface area contributed by atoms with Crippen LogP contribution in [0.4, 0.5) is 0 Å². The molecule has 22 heavy (non-hydrogen) atoms. The Morgan fingerprint density at radius 3 is 2.64 bits per heavy atom. The van der Waals surface area contributed by atoms with Crippen molar-refractivity contribution in [2.24, 2.45) is 0 Å². The third-order valence-corrected chi connectivity index (χ3v) is 4.77. The Balaban J connectivity index is 1.74. The molecule has 2 saturated heterocycles. The van der Waals surface area contributed by atoms with Crippen molar-refractivity contribution >= 4 is 12.6 Å². The van der Waals surface area contributed by atoms with Crippen LogP contribution in [0.1, 0.15) is 40.5 Å². The normalized spacial score (nSPS) is 26.4. The predicted molar refractivity (Wildman–Crippen MR) is 84.4 cm³/mol. The van der Waals surface area contributed by atoms with E-state index < -0.39 is 7.12 Å². The highest BCUT2D eigenvalue weighted by Crippen LogP contribution is 2.37. The van der Waals surface area contributed by atoms with Gasteiger partial charge in [-0.15, -0.1) is 0 Å². The van der Waals surface area contributed by atoms with Crippen molar-refractivity contribution in [3.63, 3.8) is 0 Å². The molecule has 1 atom stereocenters. The number of hydrogen-bond acceptors (Lipinski definition) is 5. The summed E-state index contributed by atoms with van der Waals surface area (Å²) in [7, 11) is -0.438. The number of nitrogens with zero attached hydrogens (tertiary/aromatic N) is 1. The molecule has 0 spiro atoms. The summed E-state index contributed by atoms with van der Waals surface area (Å²) in [4.78, 5) is 4.16. The zero-order chi connectivity index (χ0) is 15.8. The molecule has 2 fully saturated rings. The van der Waals surface area contributed by atoms with Crippen LogP contribution in [0.15, 0.2) is 18.5 Å². The molecule has 0 bridgehead atoms. The molecule has 0 radical (unpaired) electrons. The second-order valence-electron chi connectivity index (χ2n) is 6.95. The summed E-state index contributed by atoms with van der Waals surface area (Å²) >= 11 is 0. The largest absolute Gasteiger partial charge is 0.498 e. The van der Waals surface area contributed by atoms with Gasteiger partial charge in [0.2, 0.25) is 0 Å². The Hall–Kier alpha value is -1.11. The Morgan fingerprint density at radius 1 is 1.27 bits per heavy atom. The van der Waals surface area contributed by atoms with Gasteiger partial charge in [-0.05, 0) is 46.6 Å². The maximum atomic E-state index is 6.10. The molecule has 1 aromatic heterocycles. The first-order valence-electron chi connectivity index (χ1n) is 7.93. The summed E-state index contributed by atoms with van der Waals surface area (Å²) in [6.45, 7) is 9.54. The van der Waals surface area contributed by atoms with E-state index in [1.54, 1.807) is 12.4 Å². The lowest BCUT2D eigenvalue weighted by atomic mass is 9.79. The first kappa shape index (κ1) is 15.8. The molecule has 3 heterocycles. The Labute approximate surface area is 132 Å². The molecule has 1 aromatic rings. The zero-order valence-corrected chi connectivity index (χ0v) is 13.8. The van der Waals surface area contributed by atoms with Crippen LogP contribution in [-0.2, 0) is 14.0 Å². The van der Waals surface area contributed by atoms with E-state index in [0.29, 0.717) is 12.4 Å². The minimum Gasteiger partial charge on any atom is -0.490 e. The Kier molecular flexibility index (Phi) is 4.18. The van der Waals surface area contributed by atoms with Crippen molar-refractivity contribution in [2.75, 3.05) is 13.2 Å². The van der Waals surface area contributed by atoms with Crippen molar-refractivity contribution in [3.8, 4) is 5.75 Å². The van der Waals surface area contributed by atoms with Crippen LogP contribution in [-0.4, -0.2) is 42.6 Å². The monoisotopic (exact) mass is 305 g/mol. The molecular weight excluding hydrogens is 281 g/mol. The van der Waals surface area contributed by atoms with Crippen molar-refractivity contribution in [3.05, 3.63) is 18.5 Å². The van der Waals surface area contributed by atoms with Gasteiger partial charge in [0.25, 0.3) is 0 Å². The Morgan fingerprint density at radius 2 is 2.00 bits per heavy atom. The molecule has 0 aliphatic carbocycles. The summed E-state index contributed by atoms with van der Waals surface area (Å²) in [6.07, 6.45) is 5.78. The molecular formula is C16H24BNO4. The van der Waals surface area contributed by atoms with Gasteiger partial charge in [-0.25, -0.2) is 0 Å². The first-order valence-corrected chi connectivity index (χ1v) is 7.93. The third kappa shape index (κ3) is 3.00. The number of aromatic nitrogens is 1. The highest BCUT2D eigenvalue weighted by molar-refractivity contribution is 6.63. The van der Waals surface area contributed by atoms with E-state index >= 15 is 0 Å². The van der Waals surface area contributed by atoms with Gasteiger partial charge in [-0.3, -0.25) is 4.98 Å². The van der Waals surface area contributed by atoms with Crippen LogP contribution in [0.2, 0.25) is 0 Å². The number of pyridine rings is 1. The van der Waals surface area contributed by atoms with Crippen LogP contribution in [0.3, 0.4) is 0 Å². The molecule has 120 valence electrons. The van der Waals surface area contributed by atoms with Gasteiger partial charge in [0.15, 0.2) is 0 Å². The molecule has 2 aliphatic rings. The second kappa shape index (κ2) is 5.83. The molecule has 0 aromatic carbocycles. The smallest absolute Gasteiger partial charge is 0.490 e. The molecule has 3 rings (SSSR count). The predicted octanol–water partition coefficient (Wildman–Crippen LogP) is 1.94. The lowest BCUT2D eigenvalue weighted by molar-refractivity contribution is 0.00578. The van der Waals surface area contributed by atoms with Gasteiger partial charge in [0.1, 0.15) is 12.4 Å². The van der Waals surface area contributed by atoms with Gasteiger partial charge in [0.05, 0.1) is 23.5 Å². The molecule has 0 saturated carbocycles. The summed E-state index contributed by atoms with van der Waals surface area (Å²) in [5, 5.41) is 0. The van der Waals surface area contributed by atoms with Gasteiger partial charge in [-0.2, -0.15) is 0 Å². The fraction of sp³-hybridized carbons (Fsp3) is 0.688. The van der Waals surface area contributed by atoms with Gasteiger partial charge in [0, 0.05) is 18.3 Å². The zero-order valence-electron chi connectivity index (χ0n) is 13.8. The minimum atomic E-state index is -0.438. The van der Waals surface area contributed by atoms with E-state index in [1.165, 1.54) is 0 Å². The van der Waals surface area contributed by atoms with E-state index in [9.17, 15) is 0 Å². The van der Waals surface area contributed by atoms with Gasteiger partial charge in [-0.1, -0.05) is 0 Å². The maximum Gasteiger partial charge on any atom is 0.498 e. The number of hydrogen-bond donors (Lipinski definition) is 0. The van der Waals surface area contributed by atoms with Crippen molar-refractivity contribution in [1.29, 1.82) is 0 Å². The van der Waals surface area contributed by atoms with E-state index in [-0.39, 0.29) is 17.3 Å². The first-order chi connectivity index (χ1) is 10.4. The minimum absolute atomic E-state index is 0.173. The standard InChI is InChI=1S/C16H24BNO4/c1-15(2)16(3,4)22-17(21-15)13-7-8-18-10-14(13)20-11-12-6-5-9-19-12/h7-8,10,12H,5-6,9,11H2,1-4H3. The van der Waals surface area contributed by atoms with Crippen LogP contribution in [0.25, 0.3) is 0 Å². The van der Waals surface area contributed by atoms with E-state index in [0.717, 1.165) is 24.9 Å². The lowest BCUT2D eigenvalue weighted by Crippen LogP contribution is -2.41. The van der Waals surface area contributed by atoms with Crippen molar-refractivity contribution < 1.29 is 18.8 Å². The SMILES string of the molecule is CC1(C)OB(c2ccncc2OCC2CCCO2)OC1(C)C. The van der Waals surface area contributed by atoms with Crippen LogP contribution in [0, 0.1) is 0 Å². The highest BCUT2D eigenvalue weighted by atomic mass is 16.7. The number of ether oxygens (including phenoxy) is 2. The molecule has 2 aliphatic heterocycles. The van der Waals surface area contributed by atoms with E-state index in [1.807, 2.05) is 33.8 Å². The highest BCUT2D eigenvalue weighted by Gasteiger charge is 2.52. The molecule has 6 heteroatoms. The summed E-state index contributed by atoms with van der Waals surface area (Å²) in [5.41, 5.74) is 0.145. The summed E-state index contributed by atoms with van der Waals surface area (Å²) in [5.74, 6) is 0.705. The van der Waals surface area contributed by atoms with Crippen molar-refractivity contribution in [1.82, 2.24) is 4.98 Å². The summed E-state index contributed by atoms with van der Waals surface area (Å²) < 4.78 is 23.7. The van der Waals surface area contributed by atoms with Crippen LogP contribution >= 0.6 is 0 Å². The van der Waals surface area contributed by atoms with Crippen LogP contribution < -0.4 is 10.2 Å². The molecule has 1 unspecified atom stereocenters. The fourth-order valence-corrected chi connectivity index (χ4v) is 2.63. The molecule has 0 amide bonds. The van der Waals surface area contributed by atoms with Crippen molar-refractivity contribution in [2.45, 2.75) is 57.8 Å². The lowest BCUT2D eigenvalue weighted by Gasteiger charge is -2.32. The third-order valence-electron chi connectivity index (χ3n) is 4.77. The molecule has 0 N–H and O–H groups in total. The fourth-order valence-electron chi connectivity index (χ4n) is 2.63. The van der Waals surface area contributed by atoms with Crippen LogP contribution in [0.5, 0.6) is 5.75 Å². The van der Waals surface area contributed by atoms with E-state index in [2.05, 4.69) is 4.98 Å². The number of rotatable bonds is 4. The topological polar surface area (TPSA) is 49.8 Å².